The van der Waals surface area contributed by atoms with Gasteiger partial charge in [-0.1, -0.05) is 82.3 Å². The average Bonchev–Trinajstić information content (AvgIpc) is 3.13. The molecule has 1 amide bonds. The number of hydrazone groups is 1. The van der Waals surface area contributed by atoms with E-state index < -0.39 is 0 Å². The summed E-state index contributed by atoms with van der Waals surface area (Å²) in [6.45, 7) is 0. The number of nitrogens with one attached hydrogen (secondary N) is 1. The number of amides is 1. The topological polar surface area (TPSA) is 72.2 Å². The molecule has 0 saturated heterocycles. The number of thioether (sulfide) groups is 1. The minimum Gasteiger partial charge on any atom is -0.305 e. The van der Waals surface area contributed by atoms with Crippen molar-refractivity contribution in [3.05, 3.63) is 76.8 Å². The molecule has 1 heterocycles. The third-order valence-corrected chi connectivity index (χ3v) is 6.03. The second-order valence-electron chi connectivity index (χ2n) is 6.52. The Hall–Kier alpha value is -2.97. The fourth-order valence-electron chi connectivity index (χ4n) is 2.99. The number of carbonyl (C=O) groups is 1. The van der Waals surface area contributed by atoms with Crippen LogP contribution >= 0.6 is 27.7 Å². The van der Waals surface area contributed by atoms with E-state index in [1.807, 2.05) is 78.3 Å². The number of hydrogen-bond donors (Lipinski definition) is 1. The highest BCUT2D eigenvalue weighted by Gasteiger charge is 2.12. The Labute approximate surface area is 186 Å². The van der Waals surface area contributed by atoms with Crippen molar-refractivity contribution in [1.29, 1.82) is 0 Å². The Bertz CT molecular complexity index is 1210. The predicted octanol–water partition coefficient (Wildman–Crippen LogP) is 4.64. The molecule has 4 rings (SSSR count). The van der Waals surface area contributed by atoms with Gasteiger partial charge in [-0.25, -0.2) is 5.43 Å². The van der Waals surface area contributed by atoms with Gasteiger partial charge in [0.1, 0.15) is 0 Å². The first-order valence-corrected chi connectivity index (χ1v) is 11.0. The average molecular weight is 480 g/mol. The molecule has 150 valence electrons. The van der Waals surface area contributed by atoms with Crippen molar-refractivity contribution in [1.82, 2.24) is 20.2 Å². The van der Waals surface area contributed by atoms with E-state index in [1.165, 1.54) is 11.8 Å². The second-order valence-corrected chi connectivity index (χ2v) is 8.38. The fourth-order valence-corrected chi connectivity index (χ4v) is 3.96. The molecular formula is C22H18BrN5OS. The Morgan fingerprint density at radius 3 is 2.70 bits per heavy atom. The highest BCUT2D eigenvalue weighted by atomic mass is 79.9. The van der Waals surface area contributed by atoms with Crippen LogP contribution in [0.4, 0.5) is 0 Å². The number of fused-ring (bicyclic) bond motifs is 1. The number of benzene rings is 3. The van der Waals surface area contributed by atoms with E-state index in [9.17, 15) is 4.79 Å². The molecule has 1 aromatic heterocycles. The maximum atomic E-state index is 12.2. The molecule has 0 bridgehead atoms. The fraction of sp³-hybridized carbons (Fsp3) is 0.0909. The third-order valence-electron chi connectivity index (χ3n) is 4.49. The van der Waals surface area contributed by atoms with Gasteiger partial charge >= 0.3 is 0 Å². The van der Waals surface area contributed by atoms with Gasteiger partial charge in [-0.05, 0) is 22.9 Å². The number of rotatable bonds is 6. The summed E-state index contributed by atoms with van der Waals surface area (Å²) in [5.74, 6) is 0.739. The van der Waals surface area contributed by atoms with Crippen molar-refractivity contribution in [2.45, 2.75) is 5.16 Å². The molecule has 0 saturated carbocycles. The molecule has 0 fully saturated rings. The van der Waals surface area contributed by atoms with Gasteiger partial charge < -0.3 is 4.57 Å². The standard InChI is InChI=1S/C22H18BrN5OS/c1-28-21(16-9-11-18(23)12-10-16)26-27-22(28)30-14-20(29)25-24-13-17-7-4-6-15-5-2-3-8-19(15)17/h2-13H,14H2,1H3,(H,25,29)/b24-13-. The second kappa shape index (κ2) is 9.23. The van der Waals surface area contributed by atoms with E-state index in [0.29, 0.717) is 5.16 Å². The summed E-state index contributed by atoms with van der Waals surface area (Å²) in [4.78, 5) is 12.2. The molecule has 0 aliphatic carbocycles. The van der Waals surface area contributed by atoms with E-state index in [-0.39, 0.29) is 11.7 Å². The molecule has 3 aromatic carbocycles. The van der Waals surface area contributed by atoms with Crippen molar-refractivity contribution in [3.8, 4) is 11.4 Å². The first kappa shape index (κ1) is 20.3. The molecule has 0 spiro atoms. The lowest BCUT2D eigenvalue weighted by atomic mass is 10.1. The van der Waals surface area contributed by atoms with Gasteiger partial charge in [0.15, 0.2) is 11.0 Å². The molecule has 1 N–H and O–H groups in total. The summed E-state index contributed by atoms with van der Waals surface area (Å²) < 4.78 is 2.88. The molecule has 0 atom stereocenters. The van der Waals surface area contributed by atoms with Crippen LogP contribution in [0.25, 0.3) is 22.2 Å². The summed E-state index contributed by atoms with van der Waals surface area (Å²) in [6, 6.07) is 21.9. The largest absolute Gasteiger partial charge is 0.305 e. The summed E-state index contributed by atoms with van der Waals surface area (Å²) >= 11 is 4.74. The van der Waals surface area contributed by atoms with Crippen LogP contribution in [0.5, 0.6) is 0 Å². The maximum Gasteiger partial charge on any atom is 0.250 e. The van der Waals surface area contributed by atoms with Crippen molar-refractivity contribution in [2.75, 3.05) is 5.75 Å². The third kappa shape index (κ3) is 4.60. The van der Waals surface area contributed by atoms with Crippen LogP contribution in [0.15, 0.2) is 81.5 Å². The summed E-state index contributed by atoms with van der Waals surface area (Å²) in [7, 11) is 1.89. The van der Waals surface area contributed by atoms with Crippen LogP contribution in [-0.2, 0) is 11.8 Å². The van der Waals surface area contributed by atoms with Gasteiger partial charge in [-0.15, -0.1) is 10.2 Å². The van der Waals surface area contributed by atoms with E-state index in [4.69, 9.17) is 0 Å². The Morgan fingerprint density at radius 2 is 1.87 bits per heavy atom. The summed E-state index contributed by atoms with van der Waals surface area (Å²) in [5, 5.41) is 15.4. The first-order chi connectivity index (χ1) is 14.6. The van der Waals surface area contributed by atoms with Gasteiger partial charge in [0.05, 0.1) is 12.0 Å². The summed E-state index contributed by atoms with van der Waals surface area (Å²) in [6.07, 6.45) is 1.67. The van der Waals surface area contributed by atoms with Crippen LogP contribution in [0, 0.1) is 0 Å². The number of aromatic nitrogens is 3. The lowest BCUT2D eigenvalue weighted by molar-refractivity contribution is -0.118. The summed E-state index contributed by atoms with van der Waals surface area (Å²) in [5.41, 5.74) is 4.49. The molecule has 0 unspecified atom stereocenters. The monoisotopic (exact) mass is 479 g/mol. The Morgan fingerprint density at radius 1 is 1.10 bits per heavy atom. The lowest BCUT2D eigenvalue weighted by Gasteiger charge is -2.04. The molecular weight excluding hydrogens is 462 g/mol. The normalized spacial score (nSPS) is 11.3. The predicted molar refractivity (Wildman–Crippen MR) is 125 cm³/mol. The highest BCUT2D eigenvalue weighted by molar-refractivity contribution is 9.10. The van der Waals surface area contributed by atoms with Gasteiger partial charge in [0.2, 0.25) is 0 Å². The molecule has 0 aliphatic rings. The first-order valence-electron chi connectivity index (χ1n) is 9.19. The number of carbonyl (C=O) groups excluding carboxylic acids is 1. The van der Waals surface area contributed by atoms with E-state index >= 15 is 0 Å². The zero-order valence-electron chi connectivity index (χ0n) is 16.1. The molecule has 6 nitrogen and oxygen atoms in total. The van der Waals surface area contributed by atoms with E-state index in [0.717, 1.165) is 32.2 Å². The molecule has 0 radical (unpaired) electrons. The molecule has 30 heavy (non-hydrogen) atoms. The van der Waals surface area contributed by atoms with E-state index in [1.54, 1.807) is 6.21 Å². The molecule has 0 aliphatic heterocycles. The number of halogens is 1. The number of hydrogen-bond acceptors (Lipinski definition) is 5. The van der Waals surface area contributed by atoms with E-state index in [2.05, 4.69) is 36.7 Å². The van der Waals surface area contributed by atoms with Crippen molar-refractivity contribution in [3.63, 3.8) is 0 Å². The van der Waals surface area contributed by atoms with Gasteiger partial charge in [-0.2, -0.15) is 5.10 Å². The van der Waals surface area contributed by atoms with Crippen molar-refractivity contribution >= 4 is 50.6 Å². The Balaban J connectivity index is 1.36. The number of nitrogens with zero attached hydrogens (tertiary/aromatic N) is 4. The highest BCUT2D eigenvalue weighted by Crippen LogP contribution is 2.24. The molecule has 8 heteroatoms. The SMILES string of the molecule is Cn1c(SCC(=O)N/N=C\c2cccc3ccccc23)nnc1-c1ccc(Br)cc1. The van der Waals surface area contributed by atoms with Crippen molar-refractivity contribution < 1.29 is 4.79 Å². The van der Waals surface area contributed by atoms with Crippen LogP contribution in [0.2, 0.25) is 0 Å². The van der Waals surface area contributed by atoms with Crippen LogP contribution in [0.3, 0.4) is 0 Å². The van der Waals surface area contributed by atoms with Gasteiger partial charge in [0.25, 0.3) is 5.91 Å². The quantitative estimate of drug-likeness (QED) is 0.248. The van der Waals surface area contributed by atoms with Crippen LogP contribution < -0.4 is 5.43 Å². The minimum absolute atomic E-state index is 0.194. The van der Waals surface area contributed by atoms with Gasteiger partial charge in [-0.3, -0.25) is 4.79 Å². The van der Waals surface area contributed by atoms with Crippen LogP contribution in [0.1, 0.15) is 5.56 Å². The lowest BCUT2D eigenvalue weighted by Crippen LogP contribution is -2.19. The zero-order valence-corrected chi connectivity index (χ0v) is 18.5. The minimum atomic E-state index is -0.204. The van der Waals surface area contributed by atoms with Crippen LogP contribution in [-0.4, -0.2) is 32.6 Å². The maximum absolute atomic E-state index is 12.2. The molecule has 4 aromatic rings. The van der Waals surface area contributed by atoms with Gasteiger partial charge in [0, 0.05) is 22.6 Å². The Kier molecular flexibility index (Phi) is 6.25. The zero-order chi connectivity index (χ0) is 20.9. The van der Waals surface area contributed by atoms with Crippen molar-refractivity contribution in [2.24, 2.45) is 12.1 Å². The smallest absolute Gasteiger partial charge is 0.250 e.